The molecule has 1 saturated heterocycles. The summed E-state index contributed by atoms with van der Waals surface area (Å²) in [5.41, 5.74) is 5.39. The molecule has 3 aromatic rings. The van der Waals surface area contributed by atoms with Gasteiger partial charge in [0.2, 0.25) is 5.78 Å². The van der Waals surface area contributed by atoms with Gasteiger partial charge in [0.25, 0.3) is 5.88 Å². The average Bonchev–Trinajstić information content (AvgIpc) is 3.12. The topological polar surface area (TPSA) is 108 Å². The number of nitrogens with zero attached hydrogens (tertiary/aromatic N) is 5. The Labute approximate surface area is 208 Å². The molecule has 2 aromatic heterocycles. The second-order valence-corrected chi connectivity index (χ2v) is 10.6. The first kappa shape index (κ1) is 26.7. The number of anilines is 2. The lowest BCUT2D eigenvalue weighted by atomic mass is 10.1. The van der Waals surface area contributed by atoms with E-state index in [0.717, 1.165) is 10.7 Å². The number of rotatable bonds is 9. The number of benzene rings is 1. The predicted molar refractivity (Wildman–Crippen MR) is 125 cm³/mol. The Morgan fingerprint density at radius 2 is 1.76 bits per heavy atom. The van der Waals surface area contributed by atoms with E-state index >= 15 is 0 Å². The zero-order valence-electron chi connectivity index (χ0n) is 20.0. The molecular weight excluding hydrogens is 527 g/mol. The van der Waals surface area contributed by atoms with Gasteiger partial charge in [0.15, 0.2) is 12.3 Å². The fraction of sp³-hybridized carbons (Fsp3) is 0.429. The van der Waals surface area contributed by atoms with Crippen LogP contribution in [-0.2, 0) is 11.3 Å². The van der Waals surface area contributed by atoms with Crippen LogP contribution in [0.15, 0.2) is 29.2 Å². The molecule has 0 aliphatic carbocycles. The highest BCUT2D eigenvalue weighted by molar-refractivity contribution is 8.45. The van der Waals surface area contributed by atoms with Crippen molar-refractivity contribution < 1.29 is 43.1 Å². The molecule has 0 saturated carbocycles. The minimum atomic E-state index is -10.1. The van der Waals surface area contributed by atoms with E-state index in [1.54, 1.807) is 13.8 Å². The van der Waals surface area contributed by atoms with Crippen molar-refractivity contribution in [3.8, 4) is 11.6 Å². The quantitative estimate of drug-likeness (QED) is 0.242. The Morgan fingerprint density at radius 1 is 1.08 bits per heavy atom. The molecule has 1 aromatic carbocycles. The molecule has 0 radical (unpaired) electrons. The normalized spacial score (nSPS) is 16.4. The fourth-order valence-electron chi connectivity index (χ4n) is 3.81. The van der Waals surface area contributed by atoms with E-state index < -0.39 is 33.0 Å². The van der Waals surface area contributed by atoms with Crippen LogP contribution in [0.1, 0.15) is 24.2 Å². The number of carbonyl (C=O) groups is 1. The molecule has 37 heavy (non-hydrogen) atoms. The Morgan fingerprint density at radius 3 is 2.38 bits per heavy atom. The molecule has 10 nitrogen and oxygen atoms in total. The van der Waals surface area contributed by atoms with Gasteiger partial charge in [-0.1, -0.05) is 23.9 Å². The average molecular weight is 554 g/mol. The molecule has 0 amide bonds. The van der Waals surface area contributed by atoms with Crippen molar-refractivity contribution in [1.82, 2.24) is 14.7 Å². The number of aromatic nitrogens is 4. The third-order valence-corrected chi connectivity index (χ3v) is 6.62. The van der Waals surface area contributed by atoms with Gasteiger partial charge in [-0.25, -0.2) is 0 Å². The van der Waals surface area contributed by atoms with E-state index in [1.165, 1.54) is 15.5 Å². The molecule has 16 heteroatoms. The zero-order chi connectivity index (χ0) is 27.1. The largest absolute Gasteiger partial charge is 0.488 e. The maximum atomic E-state index is 13.8. The van der Waals surface area contributed by atoms with Gasteiger partial charge in [0.05, 0.1) is 32.5 Å². The molecule has 3 heterocycles. The molecule has 0 unspecified atom stereocenters. The van der Waals surface area contributed by atoms with Crippen LogP contribution in [0.4, 0.5) is 31.1 Å². The minimum absolute atomic E-state index is 0.123. The first-order valence-electron chi connectivity index (χ1n) is 11.3. The van der Waals surface area contributed by atoms with Crippen LogP contribution in [0.3, 0.4) is 0 Å². The molecule has 204 valence electrons. The molecule has 4 rings (SSSR count). The Kier molecular flexibility index (Phi) is 6.39. The maximum Gasteiger partial charge on any atom is 0.355 e. The standard InChI is InChI=1S/C21H26F5N6O4S/c1-3-35-18-12-19-31(29-21(27)32(19)28-20(18)36-4-2)13-17(33)14-9-15(30-5-7-34-8-6-30)11-16(10-14)37(22,23,24,25)26/h9-12H,3-8,13H2,1-2H3,(H2,27,29)/q+1. The van der Waals surface area contributed by atoms with Crippen LogP contribution in [0.5, 0.6) is 11.6 Å². The van der Waals surface area contributed by atoms with E-state index in [0.29, 0.717) is 6.07 Å². The molecule has 1 aliphatic heterocycles. The van der Waals surface area contributed by atoms with E-state index in [9.17, 15) is 24.2 Å². The molecular formula is C21H26F5N6O4S+. The van der Waals surface area contributed by atoms with E-state index in [2.05, 4.69) is 10.2 Å². The number of nitrogens with two attached hydrogens (primary N) is 1. The van der Waals surface area contributed by atoms with Crippen LogP contribution in [0.25, 0.3) is 5.65 Å². The molecule has 1 fully saturated rings. The van der Waals surface area contributed by atoms with Crippen molar-refractivity contribution in [2.24, 2.45) is 0 Å². The number of carbonyl (C=O) groups excluding carboxylic acids is 1. The summed E-state index contributed by atoms with van der Waals surface area (Å²) in [5.74, 6) is -0.676. The fourth-order valence-corrected chi connectivity index (χ4v) is 4.50. The number of fused-ring (bicyclic) bond motifs is 1. The van der Waals surface area contributed by atoms with Crippen molar-refractivity contribution in [3.05, 3.63) is 29.8 Å². The number of nitrogen functional groups attached to an aromatic ring is 1. The Balaban J connectivity index is 1.76. The van der Waals surface area contributed by atoms with Gasteiger partial charge in [0, 0.05) is 24.3 Å². The summed E-state index contributed by atoms with van der Waals surface area (Å²) in [5, 5.41) is 8.25. The summed E-state index contributed by atoms with van der Waals surface area (Å²) < 4.78 is 87.3. The maximum absolute atomic E-state index is 13.8. The van der Waals surface area contributed by atoms with Gasteiger partial charge in [-0.3, -0.25) is 4.79 Å². The molecule has 0 bridgehead atoms. The summed E-state index contributed by atoms with van der Waals surface area (Å²) in [6, 6.07) is 3.16. The van der Waals surface area contributed by atoms with Crippen LogP contribution in [0.2, 0.25) is 0 Å². The summed E-state index contributed by atoms with van der Waals surface area (Å²) in [6.07, 6.45) is 0. The number of hydrogen-bond acceptors (Lipinski definition) is 8. The number of halogens is 5. The highest BCUT2D eigenvalue weighted by Crippen LogP contribution is 3.02. The lowest BCUT2D eigenvalue weighted by Gasteiger charge is -2.41. The smallest absolute Gasteiger partial charge is 0.355 e. The van der Waals surface area contributed by atoms with E-state index in [4.69, 9.17) is 19.9 Å². The number of hydrogen-bond donors (Lipinski definition) is 1. The lowest BCUT2D eigenvalue weighted by molar-refractivity contribution is -0.714. The number of ketones is 1. The minimum Gasteiger partial charge on any atom is -0.488 e. The summed E-state index contributed by atoms with van der Waals surface area (Å²) >= 11 is 0. The van der Waals surface area contributed by atoms with Crippen molar-refractivity contribution >= 4 is 33.3 Å². The Hall–Kier alpha value is -3.40. The third-order valence-electron chi connectivity index (χ3n) is 5.49. The second-order valence-electron chi connectivity index (χ2n) is 8.17. The van der Waals surface area contributed by atoms with Crippen molar-refractivity contribution in [3.63, 3.8) is 0 Å². The summed E-state index contributed by atoms with van der Waals surface area (Å²) in [7, 11) is -10.1. The second kappa shape index (κ2) is 8.86. The number of Topliss-reactive ketones (excluding diaryl/α,β-unsaturated/α-hetero) is 1. The van der Waals surface area contributed by atoms with Crippen molar-refractivity contribution in [2.75, 3.05) is 50.2 Å². The summed E-state index contributed by atoms with van der Waals surface area (Å²) in [6.45, 7) is 4.20. The Bertz CT molecular complexity index is 1350. The van der Waals surface area contributed by atoms with Crippen LogP contribution in [-0.4, -0.2) is 60.0 Å². The van der Waals surface area contributed by atoms with Gasteiger partial charge in [0.1, 0.15) is 4.90 Å². The van der Waals surface area contributed by atoms with E-state index in [-0.39, 0.29) is 74.5 Å². The highest BCUT2D eigenvalue weighted by atomic mass is 32.5. The third kappa shape index (κ3) is 5.79. The highest BCUT2D eigenvalue weighted by Gasteiger charge is 2.65. The SMILES string of the molecule is CCOc1cc2n(nc1OCC)c(N)n[n+]2CC(=O)c1cc(N2CCOCC2)cc(S(F)(F)(F)(F)F)c1. The molecule has 2 N–H and O–H groups in total. The van der Waals surface area contributed by atoms with Gasteiger partial charge < -0.3 is 24.8 Å². The van der Waals surface area contributed by atoms with Gasteiger partial charge >= 0.3 is 21.8 Å². The monoisotopic (exact) mass is 553 g/mol. The van der Waals surface area contributed by atoms with Crippen molar-refractivity contribution in [2.45, 2.75) is 25.3 Å². The first-order valence-corrected chi connectivity index (χ1v) is 13.3. The van der Waals surface area contributed by atoms with Gasteiger partial charge in [-0.2, -0.15) is 0 Å². The first-order chi connectivity index (χ1) is 17.2. The lowest BCUT2D eigenvalue weighted by Crippen LogP contribution is -2.41. The van der Waals surface area contributed by atoms with Crippen LogP contribution < -0.4 is 24.8 Å². The molecule has 0 spiro atoms. The number of ether oxygens (including phenoxy) is 3. The zero-order valence-corrected chi connectivity index (χ0v) is 20.8. The van der Waals surface area contributed by atoms with Gasteiger partial charge in [-0.15, -0.1) is 4.68 Å². The van der Waals surface area contributed by atoms with E-state index in [1.807, 2.05) is 0 Å². The van der Waals surface area contributed by atoms with Crippen LogP contribution >= 0.6 is 10.2 Å². The molecule has 0 atom stereocenters. The predicted octanol–water partition coefficient (Wildman–Crippen LogP) is 3.77. The van der Waals surface area contributed by atoms with Crippen molar-refractivity contribution in [1.29, 1.82) is 0 Å². The van der Waals surface area contributed by atoms with Crippen LogP contribution in [0, 0.1) is 0 Å². The summed E-state index contributed by atoms with van der Waals surface area (Å²) in [4.78, 5) is 12.5. The number of morpholine rings is 1. The molecule has 1 aliphatic rings. The van der Waals surface area contributed by atoms with Gasteiger partial charge in [-0.05, 0) is 42.2 Å².